The fourth-order valence-electron chi connectivity index (χ4n) is 1.52. The van der Waals surface area contributed by atoms with E-state index in [1.165, 1.54) is 11.3 Å². The summed E-state index contributed by atoms with van der Waals surface area (Å²) in [6.45, 7) is 0.535. The number of aromatic nitrogens is 1. The van der Waals surface area contributed by atoms with Gasteiger partial charge in [0.15, 0.2) is 0 Å². The van der Waals surface area contributed by atoms with Gasteiger partial charge in [0, 0.05) is 17.5 Å². The molecule has 6 heteroatoms. The fraction of sp³-hybridized carbons (Fsp3) is 0.231. The number of nitrogens with zero attached hydrogens (tertiary/aromatic N) is 1. The molecular formula is C13H15N3O2S. The molecule has 1 amide bonds. The highest BCUT2D eigenvalue weighted by atomic mass is 32.1. The van der Waals surface area contributed by atoms with Crippen LogP contribution in [0.15, 0.2) is 29.6 Å². The Balaban J connectivity index is 2.02. The zero-order chi connectivity index (χ0) is 13.7. The van der Waals surface area contributed by atoms with Crippen LogP contribution in [0.25, 0.3) is 0 Å². The van der Waals surface area contributed by atoms with E-state index in [0.29, 0.717) is 24.3 Å². The Kier molecular flexibility index (Phi) is 4.48. The minimum atomic E-state index is -0.218. The number of thiazole rings is 1. The third kappa shape index (κ3) is 3.52. The molecule has 0 fully saturated rings. The lowest BCUT2D eigenvalue weighted by Crippen LogP contribution is -2.12. The van der Waals surface area contributed by atoms with E-state index in [4.69, 9.17) is 10.5 Å². The molecule has 0 radical (unpaired) electrons. The Bertz CT molecular complexity index is 551. The summed E-state index contributed by atoms with van der Waals surface area (Å²) in [5.41, 5.74) is 6.58. The number of hydrogen-bond acceptors (Lipinski definition) is 5. The summed E-state index contributed by atoms with van der Waals surface area (Å²) in [4.78, 5) is 16.2. The van der Waals surface area contributed by atoms with Crippen LogP contribution in [0.5, 0.6) is 5.75 Å². The van der Waals surface area contributed by atoms with Crippen molar-refractivity contribution in [1.29, 1.82) is 0 Å². The Morgan fingerprint density at radius 2 is 2.16 bits per heavy atom. The summed E-state index contributed by atoms with van der Waals surface area (Å²) in [5, 5.41) is 5.40. The van der Waals surface area contributed by atoms with Crippen molar-refractivity contribution in [2.24, 2.45) is 5.73 Å². The van der Waals surface area contributed by atoms with Crippen molar-refractivity contribution < 1.29 is 9.53 Å². The molecule has 100 valence electrons. The highest BCUT2D eigenvalue weighted by molar-refractivity contribution is 7.09. The van der Waals surface area contributed by atoms with Crippen LogP contribution in [0.3, 0.4) is 0 Å². The lowest BCUT2D eigenvalue weighted by molar-refractivity contribution is 0.102. The Morgan fingerprint density at radius 1 is 1.42 bits per heavy atom. The van der Waals surface area contributed by atoms with E-state index in [9.17, 15) is 4.79 Å². The molecule has 1 heterocycles. The van der Waals surface area contributed by atoms with Gasteiger partial charge in [0.05, 0.1) is 12.1 Å². The molecule has 0 aliphatic rings. The first kappa shape index (κ1) is 13.5. The molecule has 0 bridgehead atoms. The zero-order valence-corrected chi connectivity index (χ0v) is 11.4. The number of ether oxygens (including phenoxy) is 1. The van der Waals surface area contributed by atoms with E-state index in [2.05, 4.69) is 10.3 Å². The van der Waals surface area contributed by atoms with Gasteiger partial charge >= 0.3 is 0 Å². The van der Waals surface area contributed by atoms with Crippen LogP contribution in [0.4, 0.5) is 5.69 Å². The molecule has 0 atom stereocenters. The predicted octanol–water partition coefficient (Wildman–Crippen LogP) is 1.91. The first-order chi connectivity index (χ1) is 9.22. The summed E-state index contributed by atoms with van der Waals surface area (Å²) in [7, 11) is 1.60. The van der Waals surface area contributed by atoms with Crippen LogP contribution in [-0.4, -0.2) is 24.5 Å². The van der Waals surface area contributed by atoms with E-state index >= 15 is 0 Å². The number of hydrogen-bond donors (Lipinski definition) is 2. The Labute approximate surface area is 115 Å². The van der Waals surface area contributed by atoms with Gasteiger partial charge in [-0.05, 0) is 30.8 Å². The van der Waals surface area contributed by atoms with Gasteiger partial charge in [0.1, 0.15) is 11.4 Å². The average molecular weight is 277 g/mol. The van der Waals surface area contributed by atoms with E-state index in [1.807, 2.05) is 0 Å². The van der Waals surface area contributed by atoms with E-state index in [0.717, 1.165) is 10.8 Å². The van der Waals surface area contributed by atoms with Gasteiger partial charge in [0.2, 0.25) is 0 Å². The molecule has 0 unspecified atom stereocenters. The van der Waals surface area contributed by atoms with Gasteiger partial charge in [-0.15, -0.1) is 11.3 Å². The SMILES string of the molecule is COc1ccc(NC(=O)c2csc(CCN)n2)cc1. The molecule has 0 aliphatic heterocycles. The van der Waals surface area contributed by atoms with Gasteiger partial charge in [-0.2, -0.15) is 0 Å². The third-order valence-electron chi connectivity index (χ3n) is 2.49. The van der Waals surface area contributed by atoms with Crippen molar-refractivity contribution >= 4 is 22.9 Å². The normalized spacial score (nSPS) is 10.2. The Hall–Kier alpha value is -1.92. The van der Waals surface area contributed by atoms with Crippen LogP contribution < -0.4 is 15.8 Å². The second-order valence-corrected chi connectivity index (χ2v) is 4.79. The summed E-state index contributed by atoms with van der Waals surface area (Å²) < 4.78 is 5.05. The van der Waals surface area contributed by atoms with E-state index in [-0.39, 0.29) is 5.91 Å². The predicted molar refractivity (Wildman–Crippen MR) is 75.8 cm³/mol. The van der Waals surface area contributed by atoms with Crippen molar-refractivity contribution in [2.45, 2.75) is 6.42 Å². The summed E-state index contributed by atoms with van der Waals surface area (Å²) in [6, 6.07) is 7.14. The first-order valence-electron chi connectivity index (χ1n) is 5.83. The number of nitrogens with two attached hydrogens (primary N) is 1. The van der Waals surface area contributed by atoms with Crippen molar-refractivity contribution in [3.8, 4) is 5.75 Å². The molecule has 1 aromatic carbocycles. The third-order valence-corrected chi connectivity index (χ3v) is 3.40. The van der Waals surface area contributed by atoms with Gasteiger partial charge in [0.25, 0.3) is 5.91 Å². The quantitative estimate of drug-likeness (QED) is 0.875. The number of carbonyl (C=O) groups is 1. The lowest BCUT2D eigenvalue weighted by Gasteiger charge is -2.04. The van der Waals surface area contributed by atoms with Crippen molar-refractivity contribution in [3.63, 3.8) is 0 Å². The van der Waals surface area contributed by atoms with Crippen LogP contribution in [0.1, 0.15) is 15.5 Å². The maximum Gasteiger partial charge on any atom is 0.275 e. The van der Waals surface area contributed by atoms with Crippen LogP contribution in [-0.2, 0) is 6.42 Å². The van der Waals surface area contributed by atoms with Gasteiger partial charge in [-0.1, -0.05) is 0 Å². The Morgan fingerprint density at radius 3 is 2.79 bits per heavy atom. The molecule has 19 heavy (non-hydrogen) atoms. The number of anilines is 1. The molecule has 2 rings (SSSR count). The molecule has 0 saturated carbocycles. The van der Waals surface area contributed by atoms with E-state index in [1.54, 1.807) is 36.8 Å². The number of rotatable bonds is 5. The van der Waals surface area contributed by atoms with Crippen molar-refractivity contribution in [2.75, 3.05) is 19.0 Å². The minimum absolute atomic E-state index is 0.218. The zero-order valence-electron chi connectivity index (χ0n) is 10.6. The molecule has 1 aromatic heterocycles. The lowest BCUT2D eigenvalue weighted by atomic mass is 10.3. The smallest absolute Gasteiger partial charge is 0.275 e. The molecule has 0 aliphatic carbocycles. The van der Waals surface area contributed by atoms with E-state index < -0.39 is 0 Å². The number of methoxy groups -OCH3 is 1. The van der Waals surface area contributed by atoms with Crippen LogP contribution >= 0.6 is 11.3 Å². The molecular weight excluding hydrogens is 262 g/mol. The monoisotopic (exact) mass is 277 g/mol. The number of amides is 1. The number of benzene rings is 1. The van der Waals surface area contributed by atoms with Crippen molar-refractivity contribution in [1.82, 2.24) is 4.98 Å². The largest absolute Gasteiger partial charge is 0.497 e. The number of carbonyl (C=O) groups excluding carboxylic acids is 1. The molecule has 0 spiro atoms. The van der Waals surface area contributed by atoms with Gasteiger partial charge in [-0.3, -0.25) is 4.79 Å². The summed E-state index contributed by atoms with van der Waals surface area (Å²) in [5.74, 6) is 0.529. The molecule has 0 saturated heterocycles. The minimum Gasteiger partial charge on any atom is -0.497 e. The van der Waals surface area contributed by atoms with Crippen LogP contribution in [0.2, 0.25) is 0 Å². The second-order valence-electron chi connectivity index (χ2n) is 3.85. The first-order valence-corrected chi connectivity index (χ1v) is 6.71. The van der Waals surface area contributed by atoms with Gasteiger partial charge < -0.3 is 15.8 Å². The highest BCUT2D eigenvalue weighted by Crippen LogP contribution is 2.16. The van der Waals surface area contributed by atoms with Gasteiger partial charge in [-0.25, -0.2) is 4.98 Å². The fourth-order valence-corrected chi connectivity index (χ4v) is 2.32. The summed E-state index contributed by atoms with van der Waals surface area (Å²) >= 11 is 1.45. The average Bonchev–Trinajstić information content (AvgIpc) is 2.89. The van der Waals surface area contributed by atoms with Crippen LogP contribution in [0, 0.1) is 0 Å². The number of nitrogens with one attached hydrogen (secondary N) is 1. The maximum absolute atomic E-state index is 12.0. The second kappa shape index (κ2) is 6.31. The summed E-state index contributed by atoms with van der Waals surface area (Å²) in [6.07, 6.45) is 0.695. The molecule has 2 aromatic rings. The highest BCUT2D eigenvalue weighted by Gasteiger charge is 2.10. The molecule has 5 nitrogen and oxygen atoms in total. The maximum atomic E-state index is 12.0. The standard InChI is InChI=1S/C13H15N3O2S/c1-18-10-4-2-9(3-5-10)15-13(17)11-8-19-12(16-11)6-7-14/h2-5,8H,6-7,14H2,1H3,(H,15,17). The topological polar surface area (TPSA) is 77.2 Å². The van der Waals surface area contributed by atoms with Crippen molar-refractivity contribution in [3.05, 3.63) is 40.3 Å². The molecule has 3 N–H and O–H groups in total.